The summed E-state index contributed by atoms with van der Waals surface area (Å²) in [6, 6.07) is 7.76. The van der Waals surface area contributed by atoms with E-state index < -0.39 is 0 Å². The summed E-state index contributed by atoms with van der Waals surface area (Å²) >= 11 is 0. The molecule has 0 N–H and O–H groups in total. The summed E-state index contributed by atoms with van der Waals surface area (Å²) < 4.78 is 7.51. The van der Waals surface area contributed by atoms with Crippen molar-refractivity contribution >= 4 is 5.95 Å². The minimum absolute atomic E-state index is 0.176. The van der Waals surface area contributed by atoms with Crippen molar-refractivity contribution in [1.29, 1.82) is 0 Å². The molecule has 0 aliphatic rings. The molecule has 0 fully saturated rings. The molecule has 0 saturated heterocycles. The lowest BCUT2D eigenvalue weighted by Gasteiger charge is -2.14. The summed E-state index contributed by atoms with van der Waals surface area (Å²) in [6.45, 7) is 4.06. The highest BCUT2D eigenvalue weighted by Gasteiger charge is 2.13. The third kappa shape index (κ3) is 3.48. The van der Waals surface area contributed by atoms with Gasteiger partial charge in [-0.05, 0) is 12.1 Å². The molecule has 1 aromatic carbocycles. The van der Waals surface area contributed by atoms with Gasteiger partial charge in [-0.25, -0.2) is 4.68 Å². The van der Waals surface area contributed by atoms with E-state index in [1.54, 1.807) is 17.1 Å². The second-order valence-corrected chi connectivity index (χ2v) is 5.77. The summed E-state index contributed by atoms with van der Waals surface area (Å²) in [5.41, 5.74) is 0.843. The lowest BCUT2D eigenvalue weighted by Crippen LogP contribution is -2.15. The zero-order valence-corrected chi connectivity index (χ0v) is 14.1. The average molecular weight is 325 g/mol. The van der Waals surface area contributed by atoms with Crippen molar-refractivity contribution in [3.8, 4) is 17.4 Å². The van der Waals surface area contributed by atoms with E-state index in [1.807, 2.05) is 57.1 Å². The number of hydrogen-bond acceptors (Lipinski definition) is 7. The van der Waals surface area contributed by atoms with E-state index in [4.69, 9.17) is 4.74 Å². The molecular weight excluding hydrogens is 306 g/mol. The summed E-state index contributed by atoms with van der Waals surface area (Å²) in [4.78, 5) is 15.0. The highest BCUT2D eigenvalue weighted by molar-refractivity contribution is 5.39. The van der Waals surface area contributed by atoms with Crippen molar-refractivity contribution in [2.75, 3.05) is 19.0 Å². The molecule has 0 bridgehead atoms. The van der Waals surface area contributed by atoms with Gasteiger partial charge >= 0.3 is 6.01 Å². The van der Waals surface area contributed by atoms with E-state index in [0.717, 1.165) is 5.69 Å². The van der Waals surface area contributed by atoms with Gasteiger partial charge in [-0.1, -0.05) is 25.1 Å². The van der Waals surface area contributed by atoms with Crippen LogP contribution in [0.1, 0.15) is 25.6 Å². The number of rotatable bonds is 5. The van der Waals surface area contributed by atoms with Gasteiger partial charge in [0, 0.05) is 26.1 Å². The van der Waals surface area contributed by atoms with Crippen LogP contribution in [0.4, 0.5) is 5.95 Å². The monoisotopic (exact) mass is 325 g/mol. The molecule has 0 saturated carbocycles. The lowest BCUT2D eigenvalue weighted by molar-refractivity contribution is 0.434. The van der Waals surface area contributed by atoms with Crippen molar-refractivity contribution in [2.24, 2.45) is 0 Å². The molecule has 0 atom stereocenters. The molecule has 2 heterocycles. The maximum Gasteiger partial charge on any atom is 0.327 e. The smallest absolute Gasteiger partial charge is 0.327 e. The van der Waals surface area contributed by atoms with Gasteiger partial charge in [-0.2, -0.15) is 15.0 Å². The van der Waals surface area contributed by atoms with Crippen molar-refractivity contribution in [1.82, 2.24) is 29.9 Å². The number of hydrogen-bond donors (Lipinski definition) is 0. The van der Waals surface area contributed by atoms with E-state index in [9.17, 15) is 0 Å². The zero-order valence-electron chi connectivity index (χ0n) is 14.1. The summed E-state index contributed by atoms with van der Waals surface area (Å²) in [5.74, 6) is 2.05. The molecule has 0 unspecified atom stereocenters. The van der Waals surface area contributed by atoms with E-state index in [2.05, 4.69) is 25.3 Å². The molecule has 3 aromatic rings. The van der Waals surface area contributed by atoms with Gasteiger partial charge in [0.15, 0.2) is 0 Å². The topological polar surface area (TPSA) is 81.8 Å². The molecule has 0 aliphatic carbocycles. The van der Waals surface area contributed by atoms with Gasteiger partial charge in [0.2, 0.25) is 5.95 Å². The van der Waals surface area contributed by atoms with Gasteiger partial charge < -0.3 is 9.64 Å². The molecule has 8 nitrogen and oxygen atoms in total. The predicted molar refractivity (Wildman–Crippen MR) is 89.7 cm³/mol. The zero-order chi connectivity index (χ0) is 17.1. The van der Waals surface area contributed by atoms with Gasteiger partial charge in [-0.15, -0.1) is 5.10 Å². The molecule has 0 amide bonds. The Morgan fingerprint density at radius 1 is 1.12 bits per heavy atom. The van der Waals surface area contributed by atoms with E-state index in [1.165, 1.54) is 0 Å². The summed E-state index contributed by atoms with van der Waals surface area (Å²) in [5, 5.41) is 7.78. The highest BCUT2D eigenvalue weighted by Crippen LogP contribution is 2.23. The van der Waals surface area contributed by atoms with Crippen LogP contribution in [0, 0.1) is 0 Å². The maximum absolute atomic E-state index is 5.85. The predicted octanol–water partition coefficient (Wildman–Crippen LogP) is 2.43. The fourth-order valence-electron chi connectivity index (χ4n) is 2.01. The Hall–Kier alpha value is -3.03. The first kappa shape index (κ1) is 15.9. The van der Waals surface area contributed by atoms with Gasteiger partial charge in [-0.3, -0.25) is 0 Å². The minimum Gasteiger partial charge on any atom is -0.424 e. The first-order chi connectivity index (χ1) is 11.5. The Kier molecular flexibility index (Phi) is 4.37. The highest BCUT2D eigenvalue weighted by atomic mass is 16.5. The second-order valence-electron chi connectivity index (χ2n) is 5.77. The number of ether oxygens (including phenoxy) is 1. The average Bonchev–Trinajstić information content (AvgIpc) is 3.09. The SMILES string of the molecule is CC(C)c1nc(Oc2cccc(-n3ccnn3)c2)nc(N(C)C)n1. The Labute approximate surface area is 140 Å². The number of benzene rings is 1. The Morgan fingerprint density at radius 2 is 1.96 bits per heavy atom. The van der Waals surface area contributed by atoms with Crippen molar-refractivity contribution in [3.05, 3.63) is 42.5 Å². The fourth-order valence-corrected chi connectivity index (χ4v) is 2.01. The summed E-state index contributed by atoms with van der Waals surface area (Å²) in [7, 11) is 3.77. The lowest BCUT2D eigenvalue weighted by atomic mass is 10.2. The molecule has 124 valence electrons. The van der Waals surface area contributed by atoms with Crippen molar-refractivity contribution < 1.29 is 4.74 Å². The molecular formula is C16H19N7O. The maximum atomic E-state index is 5.85. The van der Waals surface area contributed by atoms with Crippen LogP contribution in [0.25, 0.3) is 5.69 Å². The summed E-state index contributed by atoms with van der Waals surface area (Å²) in [6.07, 6.45) is 3.39. The normalized spacial score (nSPS) is 10.9. The molecule has 3 rings (SSSR count). The van der Waals surface area contributed by atoms with E-state index >= 15 is 0 Å². The first-order valence-electron chi connectivity index (χ1n) is 7.61. The fraction of sp³-hybridized carbons (Fsp3) is 0.312. The van der Waals surface area contributed by atoms with Crippen LogP contribution in [0.5, 0.6) is 11.8 Å². The number of aromatic nitrogens is 6. The van der Waals surface area contributed by atoms with Crippen LogP contribution < -0.4 is 9.64 Å². The Bertz CT molecular complexity index is 789. The Balaban J connectivity index is 1.92. The Morgan fingerprint density at radius 3 is 2.62 bits per heavy atom. The van der Waals surface area contributed by atoms with Crippen LogP contribution in [0.3, 0.4) is 0 Å². The van der Waals surface area contributed by atoms with Crippen LogP contribution in [0.2, 0.25) is 0 Å². The van der Waals surface area contributed by atoms with Gasteiger partial charge in [0.1, 0.15) is 11.6 Å². The van der Waals surface area contributed by atoms with E-state index in [-0.39, 0.29) is 11.9 Å². The van der Waals surface area contributed by atoms with Gasteiger partial charge in [0.25, 0.3) is 0 Å². The van der Waals surface area contributed by atoms with Crippen LogP contribution in [-0.2, 0) is 0 Å². The third-order valence-corrected chi connectivity index (χ3v) is 3.25. The molecule has 0 spiro atoms. The van der Waals surface area contributed by atoms with Crippen LogP contribution in [0.15, 0.2) is 36.7 Å². The molecule has 0 radical (unpaired) electrons. The standard InChI is InChI=1S/C16H19N7O/c1-11(2)14-18-15(22(3)4)20-16(19-14)24-13-7-5-6-12(10-13)23-9-8-17-21-23/h5-11H,1-4H3. The second kappa shape index (κ2) is 6.61. The van der Waals surface area contributed by atoms with Crippen molar-refractivity contribution in [3.63, 3.8) is 0 Å². The van der Waals surface area contributed by atoms with Crippen molar-refractivity contribution in [2.45, 2.75) is 19.8 Å². The van der Waals surface area contributed by atoms with Crippen LogP contribution >= 0.6 is 0 Å². The molecule has 24 heavy (non-hydrogen) atoms. The number of nitrogens with zero attached hydrogens (tertiary/aromatic N) is 7. The number of anilines is 1. The largest absolute Gasteiger partial charge is 0.424 e. The van der Waals surface area contributed by atoms with Gasteiger partial charge in [0.05, 0.1) is 18.1 Å². The first-order valence-corrected chi connectivity index (χ1v) is 7.61. The molecule has 8 heteroatoms. The van der Waals surface area contributed by atoms with Crippen LogP contribution in [-0.4, -0.2) is 44.0 Å². The minimum atomic E-state index is 0.176. The molecule has 0 aliphatic heterocycles. The van der Waals surface area contributed by atoms with E-state index in [0.29, 0.717) is 17.5 Å². The quantitative estimate of drug-likeness (QED) is 0.712. The molecule has 2 aromatic heterocycles. The third-order valence-electron chi connectivity index (χ3n) is 3.25.